The number of rotatable bonds is 7. The lowest BCUT2D eigenvalue weighted by Gasteiger charge is -2.43. The summed E-state index contributed by atoms with van der Waals surface area (Å²) in [6.07, 6.45) is -2.39. The van der Waals surface area contributed by atoms with E-state index in [1.807, 2.05) is 27.7 Å². The summed E-state index contributed by atoms with van der Waals surface area (Å²) < 4.78 is 42.3. The van der Waals surface area contributed by atoms with Crippen molar-refractivity contribution in [3.05, 3.63) is 0 Å². The zero-order valence-electron chi connectivity index (χ0n) is 19.6. The van der Waals surface area contributed by atoms with Crippen molar-refractivity contribution in [3.63, 3.8) is 0 Å². The molecule has 0 aliphatic carbocycles. The molecule has 0 amide bonds. The van der Waals surface area contributed by atoms with Crippen molar-refractivity contribution >= 4 is 14.3 Å². The molecule has 30 heavy (non-hydrogen) atoms. The van der Waals surface area contributed by atoms with Crippen LogP contribution >= 0.6 is 0 Å². The van der Waals surface area contributed by atoms with E-state index >= 15 is 0 Å². The van der Waals surface area contributed by atoms with E-state index in [4.69, 9.17) is 32.8 Å². The Labute approximate surface area is 180 Å². The molecule has 3 aliphatic heterocycles. The summed E-state index contributed by atoms with van der Waals surface area (Å²) in [4.78, 5) is 13.1. The van der Waals surface area contributed by atoms with E-state index in [0.717, 1.165) is 18.1 Å². The molecule has 0 N–H and O–H groups in total. The Kier molecular flexibility index (Phi) is 6.76. The molecule has 174 valence electrons. The highest BCUT2D eigenvalue weighted by atomic mass is 28.4. The van der Waals surface area contributed by atoms with Gasteiger partial charge in [-0.2, -0.15) is 0 Å². The fourth-order valence-electron chi connectivity index (χ4n) is 4.57. The largest absolute Gasteiger partial charge is 0.452 e. The molecule has 8 nitrogen and oxygen atoms in total. The van der Waals surface area contributed by atoms with Crippen LogP contribution in [0.2, 0.25) is 18.1 Å². The van der Waals surface area contributed by atoms with E-state index in [0.29, 0.717) is 0 Å². The van der Waals surface area contributed by atoms with Crippen molar-refractivity contribution < 1.29 is 37.6 Å². The van der Waals surface area contributed by atoms with Gasteiger partial charge >= 0.3 is 5.97 Å². The van der Waals surface area contributed by atoms with Gasteiger partial charge in [0.1, 0.15) is 24.9 Å². The molecule has 0 bridgehead atoms. The van der Waals surface area contributed by atoms with Gasteiger partial charge in [0.05, 0.1) is 6.61 Å². The van der Waals surface area contributed by atoms with E-state index in [1.165, 1.54) is 0 Å². The lowest BCUT2D eigenvalue weighted by molar-refractivity contribution is -0.329. The average Bonchev–Trinajstić information content (AvgIpc) is 3.17. The first kappa shape index (κ1) is 24.1. The van der Waals surface area contributed by atoms with Crippen molar-refractivity contribution in [2.75, 3.05) is 13.2 Å². The summed E-state index contributed by atoms with van der Waals surface area (Å²) in [5, 5.41) is 0. The van der Waals surface area contributed by atoms with Crippen LogP contribution in [0.3, 0.4) is 0 Å². The van der Waals surface area contributed by atoms with Crippen LogP contribution in [0.5, 0.6) is 0 Å². The lowest BCUT2D eigenvalue weighted by atomic mass is 9.97. The molecular formula is C21H38O8Si. The second kappa shape index (κ2) is 8.42. The molecule has 0 saturated carbocycles. The molecule has 1 spiro atoms. The number of hydrogen-bond donors (Lipinski definition) is 0. The zero-order chi connectivity index (χ0) is 22.4. The third-order valence-corrected chi connectivity index (χ3v) is 11.1. The predicted molar refractivity (Wildman–Crippen MR) is 111 cm³/mol. The molecule has 0 aromatic rings. The number of carbonyl (C=O) groups excluding carboxylic acids is 1. The number of hydrogen-bond acceptors (Lipinski definition) is 8. The van der Waals surface area contributed by atoms with Crippen molar-refractivity contribution in [2.45, 2.75) is 115 Å². The standard InChI is InChI=1S/C21H38O8Si/c1-9-30(10-2,11-3)28-14(4)18(22)25-17-16-15(26-20(7,8)27-16)12-23-21(17)13-24-19(5,6)29-21/h14-17H,9-13H2,1-8H3/t14-,15-,16-,17+,21+/m1/s1. The highest BCUT2D eigenvalue weighted by molar-refractivity contribution is 6.73. The van der Waals surface area contributed by atoms with E-state index in [9.17, 15) is 4.79 Å². The van der Waals surface area contributed by atoms with Crippen molar-refractivity contribution in [2.24, 2.45) is 0 Å². The third kappa shape index (κ3) is 4.62. The van der Waals surface area contributed by atoms with E-state index in [1.54, 1.807) is 6.92 Å². The van der Waals surface area contributed by atoms with Gasteiger partial charge in [0.15, 0.2) is 26.0 Å². The summed E-state index contributed by atoms with van der Waals surface area (Å²) >= 11 is 0. The van der Waals surface area contributed by atoms with Gasteiger partial charge < -0.3 is 32.8 Å². The van der Waals surface area contributed by atoms with Crippen LogP contribution in [0, 0.1) is 0 Å². The first-order valence-corrected chi connectivity index (χ1v) is 13.7. The van der Waals surface area contributed by atoms with Crippen LogP contribution in [0.25, 0.3) is 0 Å². The number of ether oxygens (including phenoxy) is 6. The fourth-order valence-corrected chi connectivity index (χ4v) is 7.41. The highest BCUT2D eigenvalue weighted by Gasteiger charge is 2.64. The fraction of sp³-hybridized carbons (Fsp3) is 0.952. The summed E-state index contributed by atoms with van der Waals surface area (Å²) in [6, 6.07) is 2.86. The molecular weight excluding hydrogens is 408 g/mol. The van der Waals surface area contributed by atoms with Crippen LogP contribution in [-0.2, 0) is 37.6 Å². The molecule has 5 atom stereocenters. The SMILES string of the molecule is CC[Si](CC)(CC)O[C@H](C)C(=O)O[C@H]1[C@@H]2OC(C)(C)O[C@@H]2CO[C@]12COC(C)(C)O2. The summed E-state index contributed by atoms with van der Waals surface area (Å²) in [5.74, 6) is -3.35. The number of carbonyl (C=O) groups is 1. The van der Waals surface area contributed by atoms with Gasteiger partial charge in [0.2, 0.25) is 5.79 Å². The smallest absolute Gasteiger partial charge is 0.334 e. The predicted octanol–water partition coefficient (Wildman–Crippen LogP) is 3.34. The van der Waals surface area contributed by atoms with Crippen LogP contribution in [-0.4, -0.2) is 69.3 Å². The summed E-state index contributed by atoms with van der Waals surface area (Å²) in [6.45, 7) is 15.8. The lowest BCUT2D eigenvalue weighted by Crippen LogP contribution is -2.63. The summed E-state index contributed by atoms with van der Waals surface area (Å²) in [7, 11) is -1.97. The summed E-state index contributed by atoms with van der Waals surface area (Å²) in [5.41, 5.74) is 0. The molecule has 9 heteroatoms. The Morgan fingerprint density at radius 1 is 1.03 bits per heavy atom. The van der Waals surface area contributed by atoms with Crippen molar-refractivity contribution in [3.8, 4) is 0 Å². The molecule has 3 heterocycles. The second-order valence-electron chi connectivity index (χ2n) is 9.41. The maximum Gasteiger partial charge on any atom is 0.334 e. The molecule has 3 rings (SSSR count). The highest BCUT2D eigenvalue weighted by Crippen LogP contribution is 2.45. The van der Waals surface area contributed by atoms with Gasteiger partial charge in [0.25, 0.3) is 0 Å². The van der Waals surface area contributed by atoms with Gasteiger partial charge in [0, 0.05) is 0 Å². The van der Waals surface area contributed by atoms with Gasteiger partial charge in [-0.1, -0.05) is 20.8 Å². The molecule has 3 fully saturated rings. The first-order valence-electron chi connectivity index (χ1n) is 11.1. The quantitative estimate of drug-likeness (QED) is 0.435. The average molecular weight is 447 g/mol. The van der Waals surface area contributed by atoms with Crippen LogP contribution in [0.15, 0.2) is 0 Å². The van der Waals surface area contributed by atoms with Crippen LogP contribution in [0.4, 0.5) is 0 Å². The van der Waals surface area contributed by atoms with Crippen LogP contribution in [0.1, 0.15) is 55.4 Å². The Balaban J connectivity index is 1.81. The molecule has 0 unspecified atom stereocenters. The molecule has 3 saturated heterocycles. The van der Waals surface area contributed by atoms with Gasteiger partial charge in [-0.15, -0.1) is 0 Å². The minimum absolute atomic E-state index is 0.137. The number of fused-ring (bicyclic) bond motifs is 1. The topological polar surface area (TPSA) is 81.7 Å². The molecule has 0 radical (unpaired) electrons. The Morgan fingerprint density at radius 2 is 1.67 bits per heavy atom. The van der Waals surface area contributed by atoms with Crippen LogP contribution < -0.4 is 0 Å². The van der Waals surface area contributed by atoms with Gasteiger partial charge in [-0.05, 0) is 52.8 Å². The molecule has 3 aliphatic rings. The normalized spacial score (nSPS) is 35.9. The van der Waals surface area contributed by atoms with E-state index < -0.39 is 50.0 Å². The third-order valence-electron chi connectivity index (χ3n) is 6.42. The maximum atomic E-state index is 13.1. The van der Waals surface area contributed by atoms with Gasteiger partial charge in [-0.25, -0.2) is 4.79 Å². The zero-order valence-corrected chi connectivity index (χ0v) is 20.6. The van der Waals surface area contributed by atoms with Crippen molar-refractivity contribution in [1.29, 1.82) is 0 Å². The molecule has 0 aromatic heterocycles. The second-order valence-corrected chi connectivity index (χ2v) is 14.1. The van der Waals surface area contributed by atoms with Crippen molar-refractivity contribution in [1.82, 2.24) is 0 Å². The monoisotopic (exact) mass is 446 g/mol. The Hall–Kier alpha value is -0.553. The molecule has 0 aromatic carbocycles. The minimum atomic E-state index is -1.97. The minimum Gasteiger partial charge on any atom is -0.452 e. The Morgan fingerprint density at radius 3 is 2.20 bits per heavy atom. The van der Waals surface area contributed by atoms with Gasteiger partial charge in [-0.3, -0.25) is 0 Å². The van der Waals surface area contributed by atoms with E-state index in [2.05, 4.69) is 20.8 Å². The maximum absolute atomic E-state index is 13.1. The Bertz CT molecular complexity index is 624. The first-order chi connectivity index (χ1) is 13.9. The number of esters is 1. The van der Waals surface area contributed by atoms with E-state index in [-0.39, 0.29) is 19.3 Å².